The van der Waals surface area contributed by atoms with Gasteiger partial charge in [-0.25, -0.2) is 36.7 Å². The van der Waals surface area contributed by atoms with Crippen LogP contribution in [-0.2, 0) is 9.47 Å². The third-order valence-corrected chi connectivity index (χ3v) is 6.99. The number of aromatic nitrogens is 3. The molecule has 0 bridgehead atoms. The number of nitrogens with one attached hydrogen (secondary N) is 2. The van der Waals surface area contributed by atoms with E-state index >= 15 is 0 Å². The summed E-state index contributed by atoms with van der Waals surface area (Å²) in [4.78, 5) is 30.8. The van der Waals surface area contributed by atoms with Crippen LogP contribution in [0.4, 0.5) is 27.2 Å². The average Bonchev–Trinajstić information content (AvgIpc) is 3.27. The van der Waals surface area contributed by atoms with Gasteiger partial charge >= 0.3 is 12.1 Å². The zero-order chi connectivity index (χ0) is 29.3. The van der Waals surface area contributed by atoms with E-state index in [2.05, 4.69) is 20.7 Å². The van der Waals surface area contributed by atoms with E-state index in [0.717, 1.165) is 4.90 Å². The molecular formula is C26H36F4N6O4. The highest BCUT2D eigenvalue weighted by Crippen LogP contribution is 2.41. The molecule has 14 heteroatoms. The minimum absolute atomic E-state index is 0.0372. The molecule has 0 unspecified atom stereocenters. The number of alkyl halides is 4. The predicted octanol–water partition coefficient (Wildman–Crippen LogP) is 4.86. The number of urea groups is 1. The highest BCUT2D eigenvalue weighted by Gasteiger charge is 2.43. The van der Waals surface area contributed by atoms with Crippen molar-refractivity contribution in [3.63, 3.8) is 0 Å². The molecule has 0 aromatic carbocycles. The van der Waals surface area contributed by atoms with Gasteiger partial charge < -0.3 is 25.0 Å². The second kappa shape index (κ2) is 11.4. The number of fused-ring (bicyclic) bond motifs is 1. The van der Waals surface area contributed by atoms with Crippen LogP contribution in [0.1, 0.15) is 76.7 Å². The second-order valence-corrected chi connectivity index (χ2v) is 11.4. The molecule has 222 valence electrons. The van der Waals surface area contributed by atoms with Gasteiger partial charge in [-0.1, -0.05) is 0 Å². The number of rotatable bonds is 8. The standard InChI is InChI=1S/C26H36F4N6O4/c1-5-39-13-19(35-15-26(29,30)14-31-22(35)37)17-10-20-33-18(12-36(20)32-11-17)21(34-23(38)40-24(2,3)4)16-6-8-25(27,28)9-7-16/h10-12,16,19,21H,5-9,13-15H2,1-4H3,(H,31,37)(H,34,38)/t19-,21+/m1/s1. The molecule has 3 heterocycles. The molecule has 3 amide bonds. The number of imidazole rings is 1. The maximum absolute atomic E-state index is 14.2. The largest absolute Gasteiger partial charge is 0.444 e. The zero-order valence-electron chi connectivity index (χ0n) is 23.1. The molecule has 2 fully saturated rings. The molecule has 1 saturated carbocycles. The number of hydrogen-bond donors (Lipinski definition) is 2. The number of amides is 3. The first-order valence-corrected chi connectivity index (χ1v) is 13.4. The van der Waals surface area contributed by atoms with Gasteiger partial charge in [0, 0.05) is 25.0 Å². The minimum atomic E-state index is -3.12. The lowest BCUT2D eigenvalue weighted by Crippen LogP contribution is -2.58. The molecule has 10 nitrogen and oxygen atoms in total. The van der Waals surface area contributed by atoms with Crippen molar-refractivity contribution in [3.8, 4) is 0 Å². The SMILES string of the molecule is CCOC[C@H](c1cnn2cc([C@@H](NC(=O)OC(C)(C)C)C3CCC(F)(F)CC3)nc2c1)N1CC(F)(F)CNC1=O. The van der Waals surface area contributed by atoms with Crippen molar-refractivity contribution in [3.05, 3.63) is 29.7 Å². The van der Waals surface area contributed by atoms with Gasteiger partial charge in [0.1, 0.15) is 5.60 Å². The lowest BCUT2D eigenvalue weighted by molar-refractivity contribution is -0.0527. The van der Waals surface area contributed by atoms with E-state index in [4.69, 9.17) is 9.47 Å². The molecule has 1 aliphatic heterocycles. The van der Waals surface area contributed by atoms with E-state index in [1.807, 2.05) is 0 Å². The molecule has 2 aliphatic rings. The third-order valence-electron chi connectivity index (χ3n) is 6.99. The van der Waals surface area contributed by atoms with Crippen LogP contribution >= 0.6 is 0 Å². The molecule has 40 heavy (non-hydrogen) atoms. The van der Waals surface area contributed by atoms with Crippen LogP contribution in [-0.4, -0.2) is 75.4 Å². The fourth-order valence-electron chi connectivity index (χ4n) is 5.04. The van der Waals surface area contributed by atoms with Gasteiger partial charge in [0.25, 0.3) is 5.92 Å². The molecule has 2 atom stereocenters. The Kier molecular flexibility index (Phi) is 8.48. The molecule has 4 rings (SSSR count). The Morgan fingerprint density at radius 3 is 2.58 bits per heavy atom. The highest BCUT2D eigenvalue weighted by atomic mass is 19.3. The predicted molar refractivity (Wildman–Crippen MR) is 136 cm³/mol. The van der Waals surface area contributed by atoms with Crippen LogP contribution < -0.4 is 10.6 Å². The Bertz CT molecular complexity index is 1210. The van der Waals surface area contributed by atoms with Crippen LogP contribution in [0.5, 0.6) is 0 Å². The normalized spacial score (nSPS) is 21.1. The number of hydrogen-bond acceptors (Lipinski definition) is 6. The summed E-state index contributed by atoms with van der Waals surface area (Å²) in [5.41, 5.74) is 0.390. The molecule has 2 N–H and O–H groups in total. The molecule has 1 aliphatic carbocycles. The van der Waals surface area contributed by atoms with E-state index in [-0.39, 0.29) is 38.2 Å². The Balaban J connectivity index is 1.65. The van der Waals surface area contributed by atoms with Gasteiger partial charge in [0.15, 0.2) is 5.65 Å². The zero-order valence-corrected chi connectivity index (χ0v) is 23.1. The van der Waals surface area contributed by atoms with Crippen LogP contribution in [0.25, 0.3) is 5.65 Å². The van der Waals surface area contributed by atoms with Gasteiger partial charge in [-0.15, -0.1) is 0 Å². The monoisotopic (exact) mass is 572 g/mol. The second-order valence-electron chi connectivity index (χ2n) is 11.4. The maximum atomic E-state index is 14.2. The van der Waals surface area contributed by atoms with Crippen LogP contribution in [0, 0.1) is 5.92 Å². The quantitative estimate of drug-likeness (QED) is 0.438. The Labute approximate surface area is 229 Å². The average molecular weight is 573 g/mol. The third kappa shape index (κ3) is 7.32. The fraction of sp³-hybridized carbons (Fsp3) is 0.692. The van der Waals surface area contributed by atoms with Gasteiger partial charge in [-0.05, 0) is 52.5 Å². The lowest BCUT2D eigenvalue weighted by atomic mass is 9.81. The summed E-state index contributed by atoms with van der Waals surface area (Å²) in [6.45, 7) is 5.65. The van der Waals surface area contributed by atoms with Crippen molar-refractivity contribution < 1.29 is 36.6 Å². The molecule has 1 saturated heterocycles. The first-order chi connectivity index (χ1) is 18.7. The van der Waals surface area contributed by atoms with E-state index in [9.17, 15) is 27.2 Å². The smallest absolute Gasteiger partial charge is 0.408 e. The van der Waals surface area contributed by atoms with Crippen LogP contribution in [0.3, 0.4) is 0 Å². The van der Waals surface area contributed by atoms with Crippen molar-refractivity contribution in [2.45, 2.75) is 82.9 Å². The molecule has 0 spiro atoms. The maximum Gasteiger partial charge on any atom is 0.408 e. The molecule has 2 aromatic heterocycles. The summed E-state index contributed by atoms with van der Waals surface area (Å²) < 4.78 is 68.5. The van der Waals surface area contributed by atoms with Gasteiger partial charge in [0.2, 0.25) is 5.92 Å². The fourth-order valence-corrected chi connectivity index (χ4v) is 5.04. The molecule has 0 radical (unpaired) electrons. The number of carbonyl (C=O) groups excluding carboxylic acids is 2. The number of halogens is 4. The number of ether oxygens (including phenoxy) is 2. The number of alkyl carbamates (subject to hydrolysis) is 1. The number of carbonyl (C=O) groups is 2. The van der Waals surface area contributed by atoms with E-state index in [0.29, 0.717) is 23.5 Å². The summed E-state index contributed by atoms with van der Waals surface area (Å²) in [7, 11) is 0. The first-order valence-electron chi connectivity index (χ1n) is 13.4. The summed E-state index contributed by atoms with van der Waals surface area (Å²) in [6, 6.07) is -0.614. The van der Waals surface area contributed by atoms with E-state index < -0.39 is 54.7 Å². The Morgan fingerprint density at radius 1 is 1.23 bits per heavy atom. The first kappa shape index (κ1) is 29.8. The van der Waals surface area contributed by atoms with Crippen LogP contribution in [0.2, 0.25) is 0 Å². The van der Waals surface area contributed by atoms with Crippen molar-refractivity contribution >= 4 is 17.8 Å². The van der Waals surface area contributed by atoms with Crippen LogP contribution in [0.15, 0.2) is 18.5 Å². The van der Waals surface area contributed by atoms with Gasteiger partial charge in [0.05, 0.1) is 49.9 Å². The van der Waals surface area contributed by atoms with Crippen molar-refractivity contribution in [1.29, 1.82) is 0 Å². The highest BCUT2D eigenvalue weighted by molar-refractivity contribution is 5.76. The Morgan fingerprint density at radius 2 is 1.93 bits per heavy atom. The molecular weight excluding hydrogens is 536 g/mol. The molecule has 2 aromatic rings. The topological polar surface area (TPSA) is 110 Å². The summed E-state index contributed by atoms with van der Waals surface area (Å²) >= 11 is 0. The Hall–Kier alpha value is -3.16. The van der Waals surface area contributed by atoms with Gasteiger partial charge in [-0.3, -0.25) is 0 Å². The van der Waals surface area contributed by atoms with Gasteiger partial charge in [-0.2, -0.15) is 5.10 Å². The lowest BCUT2D eigenvalue weighted by Gasteiger charge is -2.38. The number of nitrogens with zero attached hydrogens (tertiary/aromatic N) is 4. The van der Waals surface area contributed by atoms with Crippen molar-refractivity contribution in [2.75, 3.05) is 26.3 Å². The summed E-state index contributed by atoms with van der Waals surface area (Å²) in [5.74, 6) is -6.19. The van der Waals surface area contributed by atoms with E-state index in [1.54, 1.807) is 40.0 Å². The minimum Gasteiger partial charge on any atom is -0.444 e. The van der Waals surface area contributed by atoms with Crippen molar-refractivity contribution in [2.24, 2.45) is 5.92 Å². The van der Waals surface area contributed by atoms with Crippen molar-refractivity contribution in [1.82, 2.24) is 30.1 Å². The van der Waals surface area contributed by atoms with E-state index in [1.165, 1.54) is 10.7 Å². The summed E-state index contributed by atoms with van der Waals surface area (Å²) in [6.07, 6.45) is 2.08. The summed E-state index contributed by atoms with van der Waals surface area (Å²) in [5, 5.41) is 9.39.